The summed E-state index contributed by atoms with van der Waals surface area (Å²) in [4.78, 5) is 18.8. The summed E-state index contributed by atoms with van der Waals surface area (Å²) >= 11 is 1.16. The predicted octanol–water partition coefficient (Wildman–Crippen LogP) is 1.29. The van der Waals surface area contributed by atoms with Crippen molar-refractivity contribution in [2.45, 2.75) is 30.9 Å². The Morgan fingerprint density at radius 1 is 1.71 bits per heavy atom. The van der Waals surface area contributed by atoms with Gasteiger partial charge in [0.1, 0.15) is 0 Å². The van der Waals surface area contributed by atoms with Gasteiger partial charge in [-0.25, -0.2) is 9.37 Å². The standard InChI is InChI=1S/C13H15FN2O4S/c1-12(14)3-7(4-17)20-13(12,19-2)10-9-8(5-21-10)11(18)16-6-15-9/h5-7,17H,3-4H2,1-2H3,(H,15,16,18). The number of thiophene rings is 1. The fourth-order valence-corrected chi connectivity index (χ4v) is 4.04. The molecule has 1 aliphatic heterocycles. The van der Waals surface area contributed by atoms with Gasteiger partial charge in [0.15, 0.2) is 5.67 Å². The SMILES string of the molecule is COC1(c2scc3c(=O)[nH]cnc23)OC(CO)CC1(C)F. The van der Waals surface area contributed by atoms with Crippen molar-refractivity contribution in [2.75, 3.05) is 13.7 Å². The maximum Gasteiger partial charge on any atom is 0.259 e. The lowest BCUT2D eigenvalue weighted by molar-refractivity contribution is -0.265. The van der Waals surface area contributed by atoms with Crippen LogP contribution in [0.25, 0.3) is 10.9 Å². The minimum absolute atomic E-state index is 0.0000753. The number of fused-ring (bicyclic) bond motifs is 1. The first-order chi connectivity index (χ1) is 9.95. The summed E-state index contributed by atoms with van der Waals surface area (Å²) in [5, 5.41) is 11.2. The quantitative estimate of drug-likeness (QED) is 0.892. The molecule has 3 heterocycles. The Balaban J connectivity index is 2.23. The van der Waals surface area contributed by atoms with E-state index in [0.29, 0.717) is 15.8 Å². The summed E-state index contributed by atoms with van der Waals surface area (Å²) in [5.41, 5.74) is -1.80. The number of aromatic amines is 1. The lowest BCUT2D eigenvalue weighted by Crippen LogP contribution is -2.44. The second kappa shape index (κ2) is 4.84. The fourth-order valence-electron chi connectivity index (χ4n) is 2.81. The van der Waals surface area contributed by atoms with E-state index < -0.39 is 17.6 Å². The Bertz CT molecular complexity index is 728. The number of hydrogen-bond donors (Lipinski definition) is 2. The van der Waals surface area contributed by atoms with E-state index in [0.717, 1.165) is 11.3 Å². The number of nitrogens with one attached hydrogen (secondary N) is 1. The molecule has 0 aromatic carbocycles. The van der Waals surface area contributed by atoms with Crippen LogP contribution in [0, 0.1) is 0 Å². The van der Waals surface area contributed by atoms with E-state index in [4.69, 9.17) is 9.47 Å². The lowest BCUT2D eigenvalue weighted by Gasteiger charge is -2.34. The van der Waals surface area contributed by atoms with Crippen molar-refractivity contribution < 1.29 is 19.0 Å². The molecule has 0 radical (unpaired) electrons. The van der Waals surface area contributed by atoms with Gasteiger partial charge in [0.05, 0.1) is 34.8 Å². The van der Waals surface area contributed by atoms with Gasteiger partial charge in [0.2, 0.25) is 5.79 Å². The largest absolute Gasteiger partial charge is 0.394 e. The highest BCUT2D eigenvalue weighted by atomic mass is 32.1. The zero-order chi connectivity index (χ0) is 15.3. The maximum atomic E-state index is 15.1. The fraction of sp³-hybridized carbons (Fsp3) is 0.538. The molecule has 3 rings (SSSR count). The number of methoxy groups -OCH3 is 1. The first-order valence-electron chi connectivity index (χ1n) is 6.43. The van der Waals surface area contributed by atoms with Gasteiger partial charge in [-0.15, -0.1) is 11.3 Å². The van der Waals surface area contributed by atoms with Gasteiger partial charge in [0, 0.05) is 18.9 Å². The lowest BCUT2D eigenvalue weighted by atomic mass is 9.93. The number of hydrogen-bond acceptors (Lipinski definition) is 6. The maximum absolute atomic E-state index is 15.1. The van der Waals surface area contributed by atoms with E-state index >= 15 is 4.39 Å². The molecular formula is C13H15FN2O4S. The van der Waals surface area contributed by atoms with Crippen LogP contribution in [-0.2, 0) is 15.3 Å². The number of aliphatic hydroxyl groups excluding tert-OH is 1. The van der Waals surface area contributed by atoms with Crippen LogP contribution >= 0.6 is 11.3 Å². The van der Waals surface area contributed by atoms with Crippen LogP contribution in [-0.4, -0.2) is 40.6 Å². The zero-order valence-corrected chi connectivity index (χ0v) is 12.4. The summed E-state index contributed by atoms with van der Waals surface area (Å²) in [6.07, 6.45) is 0.595. The Hall–Kier alpha value is -1.35. The van der Waals surface area contributed by atoms with Gasteiger partial charge in [-0.2, -0.15) is 0 Å². The van der Waals surface area contributed by atoms with Gasteiger partial charge in [-0.1, -0.05) is 0 Å². The van der Waals surface area contributed by atoms with Crippen molar-refractivity contribution in [3.63, 3.8) is 0 Å². The molecule has 2 aromatic rings. The van der Waals surface area contributed by atoms with Crippen molar-refractivity contribution >= 4 is 22.2 Å². The van der Waals surface area contributed by atoms with Crippen LogP contribution in [0.4, 0.5) is 4.39 Å². The molecule has 0 amide bonds. The van der Waals surface area contributed by atoms with E-state index in [2.05, 4.69) is 9.97 Å². The Labute approximate surface area is 123 Å². The summed E-state index contributed by atoms with van der Waals surface area (Å²) in [6, 6.07) is 0. The number of nitrogens with zero attached hydrogens (tertiary/aromatic N) is 1. The molecule has 0 saturated carbocycles. The molecule has 6 nitrogen and oxygen atoms in total. The average molecular weight is 314 g/mol. The minimum Gasteiger partial charge on any atom is -0.394 e. The summed E-state index contributed by atoms with van der Waals surface area (Å²) in [6.45, 7) is 1.06. The third kappa shape index (κ3) is 1.94. The highest BCUT2D eigenvalue weighted by molar-refractivity contribution is 7.11. The van der Waals surface area contributed by atoms with Gasteiger partial charge < -0.3 is 19.6 Å². The second-order valence-electron chi connectivity index (χ2n) is 5.20. The van der Waals surface area contributed by atoms with E-state index in [9.17, 15) is 9.90 Å². The van der Waals surface area contributed by atoms with Gasteiger partial charge in [-0.05, 0) is 6.92 Å². The predicted molar refractivity (Wildman–Crippen MR) is 75.0 cm³/mol. The molecule has 2 N–H and O–H groups in total. The van der Waals surface area contributed by atoms with E-state index in [1.165, 1.54) is 20.4 Å². The summed E-state index contributed by atoms with van der Waals surface area (Å²) in [5.74, 6) is -1.67. The van der Waals surface area contributed by atoms with Crippen LogP contribution in [0.15, 0.2) is 16.5 Å². The molecule has 3 atom stereocenters. The van der Waals surface area contributed by atoms with Gasteiger partial charge in [-0.3, -0.25) is 4.79 Å². The van der Waals surface area contributed by atoms with Crippen molar-refractivity contribution in [3.8, 4) is 0 Å². The molecule has 1 aliphatic rings. The number of rotatable bonds is 3. The number of aromatic nitrogens is 2. The Morgan fingerprint density at radius 2 is 2.48 bits per heavy atom. The number of aliphatic hydroxyl groups is 1. The van der Waals surface area contributed by atoms with Crippen molar-refractivity contribution in [1.29, 1.82) is 0 Å². The van der Waals surface area contributed by atoms with Crippen molar-refractivity contribution in [2.24, 2.45) is 0 Å². The highest BCUT2D eigenvalue weighted by Gasteiger charge is 2.61. The van der Waals surface area contributed by atoms with Crippen molar-refractivity contribution in [3.05, 3.63) is 26.9 Å². The van der Waals surface area contributed by atoms with Crippen LogP contribution in [0.5, 0.6) is 0 Å². The molecule has 8 heteroatoms. The molecule has 3 unspecified atom stereocenters. The molecule has 1 saturated heterocycles. The molecule has 114 valence electrons. The number of ether oxygens (including phenoxy) is 2. The molecule has 0 aliphatic carbocycles. The van der Waals surface area contributed by atoms with Gasteiger partial charge in [0.25, 0.3) is 5.56 Å². The normalized spacial score (nSPS) is 32.9. The monoisotopic (exact) mass is 314 g/mol. The zero-order valence-electron chi connectivity index (χ0n) is 11.6. The third-order valence-electron chi connectivity index (χ3n) is 3.82. The van der Waals surface area contributed by atoms with Crippen LogP contribution in [0.3, 0.4) is 0 Å². The summed E-state index contributed by atoms with van der Waals surface area (Å²) < 4.78 is 26.1. The number of H-pyrrole nitrogens is 1. The molecule has 0 spiro atoms. The first kappa shape index (κ1) is 14.6. The van der Waals surface area contributed by atoms with Crippen LogP contribution in [0.2, 0.25) is 0 Å². The first-order valence-corrected chi connectivity index (χ1v) is 7.31. The van der Waals surface area contributed by atoms with Crippen molar-refractivity contribution in [1.82, 2.24) is 9.97 Å². The Kier molecular flexibility index (Phi) is 3.36. The Morgan fingerprint density at radius 3 is 3.10 bits per heavy atom. The topological polar surface area (TPSA) is 84.4 Å². The number of alkyl halides is 1. The average Bonchev–Trinajstić information content (AvgIpc) is 2.98. The smallest absolute Gasteiger partial charge is 0.259 e. The van der Waals surface area contributed by atoms with E-state index in [1.807, 2.05) is 0 Å². The minimum atomic E-state index is -1.85. The van der Waals surface area contributed by atoms with E-state index in [-0.39, 0.29) is 18.6 Å². The molecule has 2 aromatic heterocycles. The molecule has 0 bridgehead atoms. The van der Waals surface area contributed by atoms with E-state index in [1.54, 1.807) is 5.38 Å². The second-order valence-corrected chi connectivity index (χ2v) is 6.08. The molecule has 21 heavy (non-hydrogen) atoms. The van der Waals surface area contributed by atoms with Gasteiger partial charge >= 0.3 is 0 Å². The van der Waals surface area contributed by atoms with Crippen LogP contribution in [0.1, 0.15) is 18.2 Å². The summed E-state index contributed by atoms with van der Waals surface area (Å²) in [7, 11) is 1.34. The van der Waals surface area contributed by atoms with Crippen LogP contribution < -0.4 is 5.56 Å². The molecular weight excluding hydrogens is 299 g/mol. The molecule has 1 fully saturated rings. The highest BCUT2D eigenvalue weighted by Crippen LogP contribution is 2.52. The third-order valence-corrected chi connectivity index (χ3v) is 4.87. The number of halogens is 1.